The number of carbonyl (C=O) groups is 1. The zero-order valence-corrected chi connectivity index (χ0v) is 13.9. The number of fused-ring (bicyclic) bond motifs is 1. The third-order valence-corrected chi connectivity index (χ3v) is 6.78. The van der Waals surface area contributed by atoms with Gasteiger partial charge in [0.1, 0.15) is 4.90 Å². The summed E-state index contributed by atoms with van der Waals surface area (Å²) in [6, 6.07) is -0.168. The van der Waals surface area contributed by atoms with E-state index in [9.17, 15) is 18.3 Å². The van der Waals surface area contributed by atoms with Crippen molar-refractivity contribution in [3.8, 4) is 0 Å². The minimum absolute atomic E-state index is 0.0135. The lowest BCUT2D eigenvalue weighted by Crippen LogP contribution is -2.63. The number of aromatic nitrogens is 2. The van der Waals surface area contributed by atoms with E-state index in [1.807, 2.05) is 6.92 Å². The zero-order valence-electron chi connectivity index (χ0n) is 13.1. The summed E-state index contributed by atoms with van der Waals surface area (Å²) in [5, 5.41) is 17.0. The van der Waals surface area contributed by atoms with E-state index in [1.165, 1.54) is 16.7 Å². The maximum absolute atomic E-state index is 12.8. The highest BCUT2D eigenvalue weighted by Gasteiger charge is 2.52. The summed E-state index contributed by atoms with van der Waals surface area (Å²) in [5.41, 5.74) is -1.04. The number of nitrogens with one attached hydrogen (secondary N) is 1. The predicted octanol–water partition coefficient (Wildman–Crippen LogP) is 0.120. The van der Waals surface area contributed by atoms with Gasteiger partial charge in [-0.1, -0.05) is 0 Å². The first-order valence-electron chi connectivity index (χ1n) is 7.89. The summed E-state index contributed by atoms with van der Waals surface area (Å²) in [4.78, 5) is 12.0. The SMILES string of the molecule is CCn1cc(S(=O)(=O)N2CC[C@H]3NCCC[C@]3(C(=O)O)C2)cn1. The van der Waals surface area contributed by atoms with Gasteiger partial charge in [0.25, 0.3) is 0 Å². The Bertz CT molecular complexity index is 701. The number of hydrogen-bond acceptors (Lipinski definition) is 5. The number of carboxylic acids is 1. The number of aryl methyl sites for hydroxylation is 1. The second kappa shape index (κ2) is 5.88. The molecule has 2 atom stereocenters. The molecule has 0 bridgehead atoms. The number of nitrogens with zero attached hydrogens (tertiary/aromatic N) is 3. The molecule has 2 saturated heterocycles. The highest BCUT2D eigenvalue weighted by Crippen LogP contribution is 2.39. The molecule has 3 rings (SSSR count). The summed E-state index contributed by atoms with van der Waals surface area (Å²) in [5.74, 6) is -0.918. The molecule has 2 fully saturated rings. The number of rotatable bonds is 4. The molecular weight excluding hydrogens is 320 g/mol. The molecular formula is C14H22N4O4S. The average molecular weight is 342 g/mol. The van der Waals surface area contributed by atoms with Gasteiger partial charge in [0, 0.05) is 31.9 Å². The van der Waals surface area contributed by atoms with Gasteiger partial charge in [-0.05, 0) is 32.7 Å². The molecule has 0 aromatic carbocycles. The van der Waals surface area contributed by atoms with Crippen LogP contribution in [0.1, 0.15) is 26.2 Å². The molecule has 0 amide bonds. The van der Waals surface area contributed by atoms with Crippen LogP contribution in [-0.2, 0) is 21.4 Å². The van der Waals surface area contributed by atoms with Crippen LogP contribution >= 0.6 is 0 Å². The number of carboxylic acid groups (broad SMARTS) is 1. The summed E-state index contributed by atoms with van der Waals surface area (Å²) in [6.07, 6.45) is 4.57. The molecule has 1 aromatic rings. The highest BCUT2D eigenvalue weighted by molar-refractivity contribution is 7.89. The lowest BCUT2D eigenvalue weighted by Gasteiger charge is -2.47. The van der Waals surface area contributed by atoms with Crippen LogP contribution in [0.3, 0.4) is 0 Å². The van der Waals surface area contributed by atoms with Gasteiger partial charge in [0.2, 0.25) is 10.0 Å². The maximum Gasteiger partial charge on any atom is 0.312 e. The molecule has 2 N–H and O–H groups in total. The van der Waals surface area contributed by atoms with Crippen molar-refractivity contribution in [1.82, 2.24) is 19.4 Å². The number of hydrogen-bond donors (Lipinski definition) is 2. The van der Waals surface area contributed by atoms with Crippen LogP contribution in [0.4, 0.5) is 0 Å². The molecule has 3 heterocycles. The Balaban J connectivity index is 1.90. The molecule has 1 aromatic heterocycles. The van der Waals surface area contributed by atoms with Gasteiger partial charge >= 0.3 is 5.97 Å². The molecule has 0 aliphatic carbocycles. The largest absolute Gasteiger partial charge is 0.481 e. The van der Waals surface area contributed by atoms with Gasteiger partial charge in [-0.3, -0.25) is 9.48 Å². The quantitative estimate of drug-likeness (QED) is 0.805. The van der Waals surface area contributed by atoms with Crippen molar-refractivity contribution in [2.24, 2.45) is 5.41 Å². The molecule has 8 nitrogen and oxygen atoms in total. The fraction of sp³-hybridized carbons (Fsp3) is 0.714. The smallest absolute Gasteiger partial charge is 0.312 e. The van der Waals surface area contributed by atoms with Crippen molar-refractivity contribution in [2.45, 2.75) is 43.7 Å². The second-order valence-corrected chi connectivity index (χ2v) is 8.17. The van der Waals surface area contributed by atoms with Crippen molar-refractivity contribution >= 4 is 16.0 Å². The van der Waals surface area contributed by atoms with Crippen molar-refractivity contribution in [2.75, 3.05) is 19.6 Å². The van der Waals surface area contributed by atoms with Crippen molar-refractivity contribution in [1.29, 1.82) is 0 Å². The van der Waals surface area contributed by atoms with Crippen LogP contribution in [-0.4, -0.2) is 59.3 Å². The van der Waals surface area contributed by atoms with Crippen molar-refractivity contribution in [3.63, 3.8) is 0 Å². The molecule has 0 radical (unpaired) electrons. The van der Waals surface area contributed by atoms with E-state index in [0.29, 0.717) is 25.9 Å². The van der Waals surface area contributed by atoms with Crippen LogP contribution < -0.4 is 5.32 Å². The summed E-state index contributed by atoms with van der Waals surface area (Å²) in [6.45, 7) is 3.59. The van der Waals surface area contributed by atoms with E-state index in [-0.39, 0.29) is 17.5 Å². The number of sulfonamides is 1. The Hall–Kier alpha value is -1.45. The van der Waals surface area contributed by atoms with E-state index in [0.717, 1.165) is 13.0 Å². The minimum atomic E-state index is -3.71. The molecule has 0 unspecified atom stereocenters. The summed E-state index contributed by atoms with van der Waals surface area (Å²) >= 11 is 0. The fourth-order valence-electron chi connectivity index (χ4n) is 3.61. The maximum atomic E-state index is 12.8. The monoisotopic (exact) mass is 342 g/mol. The first-order chi connectivity index (χ1) is 10.9. The lowest BCUT2D eigenvalue weighted by atomic mass is 9.71. The van der Waals surface area contributed by atoms with Crippen LogP contribution in [0.2, 0.25) is 0 Å². The molecule has 0 spiro atoms. The topological polar surface area (TPSA) is 105 Å². The first kappa shape index (κ1) is 16.4. The van der Waals surface area contributed by atoms with Crippen LogP contribution in [0.5, 0.6) is 0 Å². The fourth-order valence-corrected chi connectivity index (χ4v) is 5.09. The molecule has 0 saturated carbocycles. The van der Waals surface area contributed by atoms with Crippen molar-refractivity contribution < 1.29 is 18.3 Å². The Morgan fingerprint density at radius 3 is 3.00 bits per heavy atom. The normalized spacial score (nSPS) is 29.2. The molecule has 2 aliphatic rings. The van der Waals surface area contributed by atoms with E-state index in [4.69, 9.17) is 0 Å². The van der Waals surface area contributed by atoms with Crippen LogP contribution in [0.25, 0.3) is 0 Å². The van der Waals surface area contributed by atoms with Gasteiger partial charge in [-0.25, -0.2) is 8.42 Å². The molecule has 23 heavy (non-hydrogen) atoms. The van der Waals surface area contributed by atoms with Gasteiger partial charge in [0.05, 0.1) is 11.6 Å². The van der Waals surface area contributed by atoms with Gasteiger partial charge in [-0.15, -0.1) is 0 Å². The van der Waals surface area contributed by atoms with E-state index in [2.05, 4.69) is 10.4 Å². The highest BCUT2D eigenvalue weighted by atomic mass is 32.2. The van der Waals surface area contributed by atoms with Gasteiger partial charge in [-0.2, -0.15) is 9.40 Å². The Labute approximate surface area is 135 Å². The Kier molecular flexibility index (Phi) is 4.19. The zero-order chi connectivity index (χ0) is 16.7. The Morgan fingerprint density at radius 2 is 2.35 bits per heavy atom. The first-order valence-corrected chi connectivity index (χ1v) is 9.33. The van der Waals surface area contributed by atoms with Gasteiger partial charge in [0.15, 0.2) is 0 Å². The lowest BCUT2D eigenvalue weighted by molar-refractivity contribution is -0.155. The third kappa shape index (κ3) is 2.66. The second-order valence-electron chi connectivity index (χ2n) is 6.23. The number of aliphatic carboxylic acids is 1. The van der Waals surface area contributed by atoms with E-state index >= 15 is 0 Å². The molecule has 2 aliphatic heterocycles. The third-order valence-electron chi connectivity index (χ3n) is 4.98. The van der Waals surface area contributed by atoms with Crippen LogP contribution in [0, 0.1) is 5.41 Å². The summed E-state index contributed by atoms with van der Waals surface area (Å²) < 4.78 is 28.5. The molecule has 128 valence electrons. The Morgan fingerprint density at radius 1 is 1.57 bits per heavy atom. The molecule has 9 heteroatoms. The standard InChI is InChI=1S/C14H22N4O4S/c1-2-17-9-11(8-16-17)23(21,22)18-7-4-12-14(10-18,13(19)20)5-3-6-15-12/h8-9,12,15H,2-7,10H2,1H3,(H,19,20)/t12-,14+/m1/s1. The van der Waals surface area contributed by atoms with Gasteiger partial charge < -0.3 is 10.4 Å². The van der Waals surface area contributed by atoms with Crippen molar-refractivity contribution in [3.05, 3.63) is 12.4 Å². The average Bonchev–Trinajstić information content (AvgIpc) is 3.04. The predicted molar refractivity (Wildman–Crippen MR) is 82.4 cm³/mol. The van der Waals surface area contributed by atoms with E-state index in [1.54, 1.807) is 4.68 Å². The summed E-state index contributed by atoms with van der Waals surface area (Å²) in [7, 11) is -3.71. The van der Waals surface area contributed by atoms with E-state index < -0.39 is 21.4 Å². The minimum Gasteiger partial charge on any atom is -0.481 e. The number of piperidine rings is 2. The van der Waals surface area contributed by atoms with Crippen LogP contribution in [0.15, 0.2) is 17.3 Å².